The predicted octanol–water partition coefficient (Wildman–Crippen LogP) is 4.71. The van der Waals surface area contributed by atoms with E-state index in [9.17, 15) is 9.90 Å². The number of benzene rings is 1. The molecule has 4 aromatic rings. The van der Waals surface area contributed by atoms with Gasteiger partial charge in [-0.2, -0.15) is 0 Å². The molecule has 24 heavy (non-hydrogen) atoms. The molecule has 118 valence electrons. The number of hydrogen-bond donors (Lipinski definition) is 2. The number of fused-ring (bicyclic) bond motifs is 2. The van der Waals surface area contributed by atoms with Crippen molar-refractivity contribution in [3.8, 4) is 0 Å². The van der Waals surface area contributed by atoms with Crippen molar-refractivity contribution < 1.29 is 9.90 Å². The number of pyridine rings is 1. The predicted molar refractivity (Wildman–Crippen MR) is 98.2 cm³/mol. The zero-order chi connectivity index (χ0) is 16.7. The van der Waals surface area contributed by atoms with E-state index in [4.69, 9.17) is 0 Å². The lowest BCUT2D eigenvalue weighted by Gasteiger charge is -2.01. The van der Waals surface area contributed by atoms with Gasteiger partial charge in [0.1, 0.15) is 5.65 Å². The molecule has 4 rings (SSSR count). The Morgan fingerprint density at radius 1 is 1.21 bits per heavy atom. The quantitative estimate of drug-likeness (QED) is 0.533. The summed E-state index contributed by atoms with van der Waals surface area (Å²) in [5, 5.41) is 11.8. The number of thiophene rings is 1. The Hall–Kier alpha value is -2.92. The molecule has 0 aliphatic carbocycles. The summed E-state index contributed by atoms with van der Waals surface area (Å²) in [7, 11) is 0. The van der Waals surface area contributed by atoms with E-state index in [0.29, 0.717) is 5.57 Å². The number of nitrogens with zero attached hydrogens (tertiary/aromatic N) is 1. The van der Waals surface area contributed by atoms with Crippen molar-refractivity contribution >= 4 is 50.1 Å². The van der Waals surface area contributed by atoms with Gasteiger partial charge in [-0.05, 0) is 42.1 Å². The third kappa shape index (κ3) is 2.30. The summed E-state index contributed by atoms with van der Waals surface area (Å²) in [4.78, 5) is 20.0. The highest BCUT2D eigenvalue weighted by Gasteiger charge is 2.18. The average Bonchev–Trinajstić information content (AvgIpc) is 3.14. The van der Waals surface area contributed by atoms with Gasteiger partial charge in [0, 0.05) is 32.9 Å². The van der Waals surface area contributed by atoms with E-state index in [-0.39, 0.29) is 0 Å². The maximum absolute atomic E-state index is 11.9. The number of rotatable bonds is 3. The Kier molecular flexibility index (Phi) is 3.43. The average molecular weight is 334 g/mol. The van der Waals surface area contributed by atoms with Crippen LogP contribution in [0.2, 0.25) is 0 Å². The van der Waals surface area contributed by atoms with E-state index in [2.05, 4.69) is 9.97 Å². The number of aryl methyl sites for hydroxylation is 1. The van der Waals surface area contributed by atoms with Crippen LogP contribution >= 0.6 is 11.3 Å². The normalized spacial score (nSPS) is 12.1. The van der Waals surface area contributed by atoms with Crippen LogP contribution in [0.4, 0.5) is 0 Å². The van der Waals surface area contributed by atoms with Crippen LogP contribution in [-0.4, -0.2) is 21.0 Å². The Balaban J connectivity index is 1.94. The number of hydrogen-bond acceptors (Lipinski definition) is 3. The molecule has 2 N–H and O–H groups in total. The number of carboxylic acids is 1. The van der Waals surface area contributed by atoms with E-state index in [1.807, 2.05) is 43.3 Å². The van der Waals surface area contributed by atoms with Crippen molar-refractivity contribution in [2.75, 3.05) is 0 Å². The standard InChI is InChI=1S/C19H14N2O2S/c1-11-13-5-2-3-7-16(13)24-17(11)15(19(22)23)9-12-10-21-18-14(12)6-4-8-20-18/h2-10H,1H3,(H,20,21)(H,22,23)/b15-9-. The zero-order valence-electron chi connectivity index (χ0n) is 12.9. The van der Waals surface area contributed by atoms with Gasteiger partial charge in [0.25, 0.3) is 0 Å². The van der Waals surface area contributed by atoms with Crippen molar-refractivity contribution in [1.29, 1.82) is 0 Å². The van der Waals surface area contributed by atoms with Gasteiger partial charge in [-0.1, -0.05) is 18.2 Å². The lowest BCUT2D eigenvalue weighted by Crippen LogP contribution is -1.99. The highest BCUT2D eigenvalue weighted by molar-refractivity contribution is 7.20. The van der Waals surface area contributed by atoms with Crippen molar-refractivity contribution in [2.24, 2.45) is 0 Å². The lowest BCUT2D eigenvalue weighted by atomic mass is 10.0. The first-order valence-electron chi connectivity index (χ1n) is 7.51. The molecule has 0 spiro atoms. The third-order valence-electron chi connectivity index (χ3n) is 4.10. The highest BCUT2D eigenvalue weighted by Crippen LogP contribution is 2.36. The fourth-order valence-corrected chi connectivity index (χ4v) is 4.12. The second-order valence-corrected chi connectivity index (χ2v) is 6.61. The number of aliphatic carboxylic acids is 1. The lowest BCUT2D eigenvalue weighted by molar-refractivity contribution is -0.130. The fourth-order valence-electron chi connectivity index (χ4n) is 2.91. The van der Waals surface area contributed by atoms with Crippen LogP contribution in [0.5, 0.6) is 0 Å². The molecule has 4 nitrogen and oxygen atoms in total. The van der Waals surface area contributed by atoms with Crippen LogP contribution in [0, 0.1) is 6.92 Å². The molecule has 0 unspecified atom stereocenters. The molecule has 1 aromatic carbocycles. The summed E-state index contributed by atoms with van der Waals surface area (Å²) in [5.74, 6) is -0.928. The first-order chi connectivity index (χ1) is 11.6. The summed E-state index contributed by atoms with van der Waals surface area (Å²) >= 11 is 1.51. The molecular formula is C19H14N2O2S. The molecule has 0 atom stereocenters. The maximum atomic E-state index is 11.9. The molecule has 3 aromatic heterocycles. The van der Waals surface area contributed by atoms with Gasteiger partial charge in [0.15, 0.2) is 0 Å². The Morgan fingerprint density at radius 3 is 2.79 bits per heavy atom. The topological polar surface area (TPSA) is 66.0 Å². The maximum Gasteiger partial charge on any atom is 0.337 e. The van der Waals surface area contributed by atoms with Crippen molar-refractivity contribution in [1.82, 2.24) is 9.97 Å². The summed E-state index contributed by atoms with van der Waals surface area (Å²) in [5.41, 5.74) is 2.88. The zero-order valence-corrected chi connectivity index (χ0v) is 13.7. The van der Waals surface area contributed by atoms with Gasteiger partial charge in [0.05, 0.1) is 5.57 Å². The largest absolute Gasteiger partial charge is 0.478 e. The van der Waals surface area contributed by atoms with Gasteiger partial charge in [-0.3, -0.25) is 0 Å². The first kappa shape index (κ1) is 14.7. The molecule has 5 heteroatoms. The van der Waals surface area contributed by atoms with Crippen molar-refractivity contribution in [2.45, 2.75) is 6.92 Å². The molecule has 3 heterocycles. The summed E-state index contributed by atoms with van der Waals surface area (Å²) in [6.45, 7) is 1.97. The molecule has 0 bridgehead atoms. The van der Waals surface area contributed by atoms with Crippen molar-refractivity contribution in [3.05, 3.63) is 64.8 Å². The van der Waals surface area contributed by atoms with E-state index in [1.54, 1.807) is 18.5 Å². The Morgan fingerprint density at radius 2 is 2.00 bits per heavy atom. The Labute approximate surface area is 142 Å². The van der Waals surface area contributed by atoms with Crippen LogP contribution in [0.3, 0.4) is 0 Å². The van der Waals surface area contributed by atoms with Gasteiger partial charge in [-0.15, -0.1) is 11.3 Å². The second kappa shape index (κ2) is 5.62. The van der Waals surface area contributed by atoms with Crippen LogP contribution < -0.4 is 0 Å². The van der Waals surface area contributed by atoms with E-state index < -0.39 is 5.97 Å². The number of nitrogens with one attached hydrogen (secondary N) is 1. The SMILES string of the molecule is Cc1c(/C(=C/c2c[nH]c3ncccc23)C(=O)O)sc2ccccc12. The minimum absolute atomic E-state index is 0.304. The molecule has 0 fully saturated rings. The first-order valence-corrected chi connectivity index (χ1v) is 8.32. The number of carboxylic acid groups (broad SMARTS) is 1. The molecule has 0 saturated heterocycles. The molecule has 0 aliphatic heterocycles. The number of aromatic amines is 1. The molecule has 0 aliphatic rings. The van der Waals surface area contributed by atoms with Gasteiger partial charge in [0.2, 0.25) is 0 Å². The van der Waals surface area contributed by atoms with Crippen LogP contribution in [0.25, 0.3) is 32.8 Å². The van der Waals surface area contributed by atoms with Gasteiger partial charge < -0.3 is 10.1 Å². The monoisotopic (exact) mass is 334 g/mol. The third-order valence-corrected chi connectivity index (χ3v) is 5.41. The second-order valence-electron chi connectivity index (χ2n) is 5.56. The van der Waals surface area contributed by atoms with Gasteiger partial charge >= 0.3 is 5.97 Å². The molecule has 0 radical (unpaired) electrons. The molecule has 0 saturated carbocycles. The van der Waals surface area contributed by atoms with Crippen LogP contribution in [0.15, 0.2) is 48.8 Å². The van der Waals surface area contributed by atoms with E-state index >= 15 is 0 Å². The van der Waals surface area contributed by atoms with Crippen LogP contribution in [0.1, 0.15) is 16.0 Å². The molecular weight excluding hydrogens is 320 g/mol. The van der Waals surface area contributed by atoms with Gasteiger partial charge in [-0.25, -0.2) is 9.78 Å². The fraction of sp³-hybridized carbons (Fsp3) is 0.0526. The number of H-pyrrole nitrogens is 1. The highest BCUT2D eigenvalue weighted by atomic mass is 32.1. The molecule has 0 amide bonds. The summed E-state index contributed by atoms with van der Waals surface area (Å²) < 4.78 is 1.10. The minimum Gasteiger partial charge on any atom is -0.478 e. The number of aromatic nitrogens is 2. The summed E-state index contributed by atoms with van der Waals surface area (Å²) in [6.07, 6.45) is 5.23. The Bertz CT molecular complexity index is 1100. The van der Waals surface area contributed by atoms with E-state index in [1.165, 1.54) is 11.3 Å². The summed E-state index contributed by atoms with van der Waals surface area (Å²) in [6, 6.07) is 11.8. The van der Waals surface area contributed by atoms with E-state index in [0.717, 1.165) is 37.1 Å². The number of carbonyl (C=O) groups is 1. The smallest absolute Gasteiger partial charge is 0.337 e. The van der Waals surface area contributed by atoms with Crippen molar-refractivity contribution in [3.63, 3.8) is 0 Å². The minimum atomic E-state index is -0.928. The van der Waals surface area contributed by atoms with Crippen LogP contribution in [-0.2, 0) is 4.79 Å².